The lowest BCUT2D eigenvalue weighted by Crippen LogP contribution is -2.40. The predicted molar refractivity (Wildman–Crippen MR) is 102 cm³/mol. The molecule has 1 aliphatic carbocycles. The van der Waals surface area contributed by atoms with E-state index in [1.807, 2.05) is 18.2 Å². The Labute approximate surface area is 166 Å². The fourth-order valence-corrected chi connectivity index (χ4v) is 3.60. The highest BCUT2D eigenvalue weighted by atomic mass is 16.5. The molecule has 1 aromatic carbocycles. The maximum Gasteiger partial charge on any atom is 0.287 e. The molecule has 4 rings (SSSR count). The van der Waals surface area contributed by atoms with Gasteiger partial charge >= 0.3 is 0 Å². The number of hydrogen-bond donors (Lipinski definition) is 3. The number of para-hydroxylation sites is 1. The Morgan fingerprint density at radius 3 is 2.86 bits per heavy atom. The Morgan fingerprint density at radius 2 is 2.10 bits per heavy atom. The van der Waals surface area contributed by atoms with Crippen molar-refractivity contribution < 1.29 is 23.6 Å². The minimum Gasteiger partial charge on any atom is -0.451 e. The van der Waals surface area contributed by atoms with E-state index in [1.54, 1.807) is 19.1 Å². The summed E-state index contributed by atoms with van der Waals surface area (Å²) in [6.45, 7) is 2.08. The number of carbonyl (C=O) groups excluding carboxylic acids is 2. The Kier molecular flexibility index (Phi) is 5.30. The second-order valence-corrected chi connectivity index (χ2v) is 7.23. The van der Waals surface area contributed by atoms with Crippen molar-refractivity contribution in [2.45, 2.75) is 38.3 Å². The third kappa shape index (κ3) is 4.29. The second kappa shape index (κ2) is 8.04. The number of nitrogens with zero attached hydrogens (tertiary/aromatic N) is 2. The number of hydrogen-bond acceptors (Lipinski definition) is 7. The van der Waals surface area contributed by atoms with E-state index in [-0.39, 0.29) is 24.0 Å². The van der Waals surface area contributed by atoms with Gasteiger partial charge in [0.05, 0.1) is 12.1 Å². The number of amides is 2. The van der Waals surface area contributed by atoms with Crippen LogP contribution in [-0.2, 0) is 11.2 Å². The number of fused-ring (bicyclic) bond motifs is 1. The molecule has 0 unspecified atom stereocenters. The molecule has 2 heterocycles. The molecule has 1 fully saturated rings. The van der Waals surface area contributed by atoms with Gasteiger partial charge in [0, 0.05) is 31.2 Å². The average Bonchev–Trinajstić information content (AvgIpc) is 3.40. The summed E-state index contributed by atoms with van der Waals surface area (Å²) in [5.41, 5.74) is 0.624. The molecular formula is C20H22N4O5. The summed E-state index contributed by atoms with van der Waals surface area (Å²) in [7, 11) is 0. The van der Waals surface area contributed by atoms with Crippen LogP contribution in [0.15, 0.2) is 39.3 Å². The molecule has 9 nitrogen and oxygen atoms in total. The number of carbonyl (C=O) groups is 2. The van der Waals surface area contributed by atoms with Crippen molar-refractivity contribution in [3.8, 4) is 0 Å². The molecule has 1 aliphatic rings. The lowest BCUT2D eigenvalue weighted by Gasteiger charge is -2.15. The highest BCUT2D eigenvalue weighted by Gasteiger charge is 2.38. The number of aliphatic hydroxyl groups excluding tert-OH is 1. The second-order valence-electron chi connectivity index (χ2n) is 7.23. The van der Waals surface area contributed by atoms with Gasteiger partial charge in [-0.2, -0.15) is 4.98 Å². The maximum atomic E-state index is 12.5. The van der Waals surface area contributed by atoms with E-state index in [0.29, 0.717) is 36.7 Å². The molecule has 0 spiro atoms. The van der Waals surface area contributed by atoms with Gasteiger partial charge in [-0.15, -0.1) is 0 Å². The summed E-state index contributed by atoms with van der Waals surface area (Å²) >= 11 is 0. The van der Waals surface area contributed by atoms with E-state index in [4.69, 9.17) is 8.94 Å². The molecule has 0 aliphatic heterocycles. The van der Waals surface area contributed by atoms with E-state index in [9.17, 15) is 14.7 Å². The lowest BCUT2D eigenvalue weighted by atomic mass is 10.1. The zero-order valence-electron chi connectivity index (χ0n) is 15.9. The van der Waals surface area contributed by atoms with Crippen LogP contribution in [0.1, 0.15) is 35.1 Å². The minimum absolute atomic E-state index is 0.162. The zero-order valence-corrected chi connectivity index (χ0v) is 15.9. The van der Waals surface area contributed by atoms with Crippen LogP contribution >= 0.6 is 0 Å². The number of benzene rings is 1. The van der Waals surface area contributed by atoms with E-state index in [0.717, 1.165) is 5.39 Å². The van der Waals surface area contributed by atoms with Crippen LogP contribution in [0.25, 0.3) is 11.0 Å². The van der Waals surface area contributed by atoms with Crippen molar-refractivity contribution in [3.63, 3.8) is 0 Å². The number of furan rings is 1. The predicted octanol–water partition coefficient (Wildman–Crippen LogP) is 1.35. The summed E-state index contributed by atoms with van der Waals surface area (Å²) in [4.78, 5) is 29.0. The van der Waals surface area contributed by atoms with Crippen molar-refractivity contribution in [2.24, 2.45) is 5.92 Å². The molecule has 152 valence electrons. The molecular weight excluding hydrogens is 376 g/mol. The molecule has 0 bridgehead atoms. The first-order valence-corrected chi connectivity index (χ1v) is 9.54. The lowest BCUT2D eigenvalue weighted by molar-refractivity contribution is -0.125. The Hall–Kier alpha value is -3.20. The maximum absolute atomic E-state index is 12.5. The van der Waals surface area contributed by atoms with Gasteiger partial charge in [0.2, 0.25) is 11.8 Å². The van der Waals surface area contributed by atoms with Gasteiger partial charge in [0.25, 0.3) is 5.91 Å². The van der Waals surface area contributed by atoms with Crippen LogP contribution in [0.4, 0.5) is 0 Å². The normalized spacial score (nSPS) is 21.4. The molecule has 3 N–H and O–H groups in total. The highest BCUT2D eigenvalue weighted by Crippen LogP contribution is 2.27. The first-order chi connectivity index (χ1) is 14.0. The van der Waals surface area contributed by atoms with E-state index in [2.05, 4.69) is 20.8 Å². The van der Waals surface area contributed by atoms with Crippen molar-refractivity contribution >= 4 is 22.8 Å². The molecule has 0 saturated heterocycles. The Bertz CT molecular complexity index is 994. The van der Waals surface area contributed by atoms with Gasteiger partial charge in [-0.25, -0.2) is 0 Å². The summed E-state index contributed by atoms with van der Waals surface area (Å²) in [6, 6.07) is 8.49. The summed E-state index contributed by atoms with van der Waals surface area (Å²) in [5.74, 6) is 0.252. The minimum atomic E-state index is -0.793. The quantitative estimate of drug-likeness (QED) is 0.571. The van der Waals surface area contributed by atoms with Crippen LogP contribution < -0.4 is 10.6 Å². The van der Waals surface area contributed by atoms with Crippen LogP contribution in [0.5, 0.6) is 0 Å². The number of nitrogens with one attached hydrogen (secondary N) is 2. The van der Waals surface area contributed by atoms with E-state index < -0.39 is 18.1 Å². The topological polar surface area (TPSA) is 130 Å². The van der Waals surface area contributed by atoms with Crippen LogP contribution in [0.2, 0.25) is 0 Å². The van der Waals surface area contributed by atoms with Gasteiger partial charge in [-0.1, -0.05) is 23.4 Å². The number of rotatable bonds is 6. The molecule has 9 heteroatoms. The van der Waals surface area contributed by atoms with Gasteiger partial charge < -0.3 is 24.7 Å². The van der Waals surface area contributed by atoms with E-state index in [1.165, 1.54) is 0 Å². The highest BCUT2D eigenvalue weighted by molar-refractivity contribution is 5.96. The SMILES string of the molecule is Cc1nc(CCNC(=O)[C@H]2C[C@H](NC(=O)c3cc4ccccc4o3)[C@@H](O)C2)no1. The van der Waals surface area contributed by atoms with Crippen LogP contribution in [0, 0.1) is 12.8 Å². The average molecular weight is 398 g/mol. The van der Waals surface area contributed by atoms with Crippen molar-refractivity contribution in [2.75, 3.05) is 6.54 Å². The Morgan fingerprint density at radius 1 is 1.28 bits per heavy atom. The summed E-state index contributed by atoms with van der Waals surface area (Å²) < 4.78 is 10.4. The monoisotopic (exact) mass is 398 g/mol. The zero-order chi connectivity index (χ0) is 20.4. The smallest absolute Gasteiger partial charge is 0.287 e. The van der Waals surface area contributed by atoms with Gasteiger partial charge in [0.1, 0.15) is 5.58 Å². The van der Waals surface area contributed by atoms with Crippen molar-refractivity contribution in [3.05, 3.63) is 47.8 Å². The first kappa shape index (κ1) is 19.1. The number of aliphatic hydroxyl groups is 1. The Balaban J connectivity index is 1.29. The molecule has 2 aromatic heterocycles. The fraction of sp³-hybridized carbons (Fsp3) is 0.400. The molecule has 1 saturated carbocycles. The summed E-state index contributed by atoms with van der Waals surface area (Å²) in [6.07, 6.45) is 0.322. The molecule has 3 atom stereocenters. The third-order valence-corrected chi connectivity index (χ3v) is 5.08. The van der Waals surface area contributed by atoms with Crippen molar-refractivity contribution in [1.29, 1.82) is 0 Å². The molecule has 3 aromatic rings. The van der Waals surface area contributed by atoms with E-state index >= 15 is 0 Å². The summed E-state index contributed by atoms with van der Waals surface area (Å²) in [5, 5.41) is 20.5. The fourth-order valence-electron chi connectivity index (χ4n) is 3.60. The van der Waals surface area contributed by atoms with Gasteiger partial charge in [-0.3, -0.25) is 9.59 Å². The van der Waals surface area contributed by atoms with Crippen LogP contribution in [-0.4, -0.2) is 45.8 Å². The van der Waals surface area contributed by atoms with Gasteiger partial charge in [-0.05, 0) is 25.0 Å². The van der Waals surface area contributed by atoms with Crippen LogP contribution in [0.3, 0.4) is 0 Å². The standard InChI is InChI=1S/C20H22N4O5/c1-11-22-18(24-29-11)6-7-21-19(26)13-8-14(15(25)9-13)23-20(27)17-10-12-4-2-3-5-16(12)28-17/h2-5,10,13-15,25H,6-9H2,1H3,(H,21,26)(H,23,27)/t13-,14-,15-/m0/s1. The first-order valence-electron chi connectivity index (χ1n) is 9.54. The van der Waals surface area contributed by atoms with Gasteiger partial charge in [0.15, 0.2) is 11.6 Å². The molecule has 29 heavy (non-hydrogen) atoms. The molecule has 2 amide bonds. The third-order valence-electron chi connectivity index (χ3n) is 5.08. The number of aryl methyl sites for hydroxylation is 1. The van der Waals surface area contributed by atoms with Crippen molar-refractivity contribution in [1.82, 2.24) is 20.8 Å². The largest absolute Gasteiger partial charge is 0.451 e. The molecule has 0 radical (unpaired) electrons. The number of aromatic nitrogens is 2.